The summed E-state index contributed by atoms with van der Waals surface area (Å²) in [5.74, 6) is -1.02. The second kappa shape index (κ2) is 4.53. The number of hydrogen-bond donors (Lipinski definition) is 1. The lowest BCUT2D eigenvalue weighted by molar-refractivity contribution is -0.144. The Morgan fingerprint density at radius 1 is 1.18 bits per heavy atom. The van der Waals surface area contributed by atoms with Gasteiger partial charge in [0, 0.05) is 4.90 Å². The molecule has 3 nitrogen and oxygen atoms in total. The van der Waals surface area contributed by atoms with Crippen molar-refractivity contribution in [2.75, 3.05) is 0 Å². The van der Waals surface area contributed by atoms with Gasteiger partial charge in [0.1, 0.15) is 5.75 Å². The van der Waals surface area contributed by atoms with Gasteiger partial charge in [0.05, 0.1) is 0 Å². The zero-order chi connectivity index (χ0) is 12.5. The number of nitrogens with zero attached hydrogens (tertiary/aromatic N) is 2. The summed E-state index contributed by atoms with van der Waals surface area (Å²) in [5.41, 5.74) is 0. The van der Waals surface area contributed by atoms with Crippen LogP contribution < -0.4 is 0 Å². The van der Waals surface area contributed by atoms with Crippen molar-refractivity contribution in [2.24, 2.45) is 0 Å². The Labute approximate surface area is 102 Å². The Morgan fingerprint density at radius 3 is 2.35 bits per heavy atom. The number of hydrogen-bond acceptors (Lipinski definition) is 5. The molecule has 0 spiro atoms. The van der Waals surface area contributed by atoms with Crippen LogP contribution in [0.3, 0.4) is 0 Å². The SMILES string of the molecule is Oc1ccc(Sc2nc(C(F)(F)F)ns2)cc1. The van der Waals surface area contributed by atoms with E-state index in [-0.39, 0.29) is 10.1 Å². The third-order valence-corrected chi connectivity index (χ3v) is 3.46. The zero-order valence-corrected chi connectivity index (χ0v) is 9.73. The van der Waals surface area contributed by atoms with E-state index in [4.69, 9.17) is 5.11 Å². The maximum Gasteiger partial charge on any atom is 0.452 e. The Kier molecular flexibility index (Phi) is 3.25. The molecule has 1 aromatic heterocycles. The molecule has 2 aromatic rings. The number of halogens is 3. The molecule has 90 valence electrons. The molecule has 0 bridgehead atoms. The largest absolute Gasteiger partial charge is 0.508 e. The van der Waals surface area contributed by atoms with Crippen LogP contribution in [0.5, 0.6) is 5.75 Å². The van der Waals surface area contributed by atoms with Gasteiger partial charge < -0.3 is 5.11 Å². The minimum absolute atomic E-state index is 0.0996. The average molecular weight is 278 g/mol. The lowest BCUT2D eigenvalue weighted by atomic mass is 10.3. The van der Waals surface area contributed by atoms with Crippen LogP contribution in [0.2, 0.25) is 0 Å². The number of alkyl halides is 3. The molecule has 0 amide bonds. The second-order valence-electron chi connectivity index (χ2n) is 2.98. The standard InChI is InChI=1S/C9H5F3N2OS2/c10-9(11,12)7-13-8(17-14-7)16-6-3-1-5(15)2-4-6/h1-4,15H. The molecule has 0 aliphatic heterocycles. The minimum Gasteiger partial charge on any atom is -0.508 e. The highest BCUT2D eigenvalue weighted by atomic mass is 32.2. The number of benzene rings is 1. The topological polar surface area (TPSA) is 46.0 Å². The highest BCUT2D eigenvalue weighted by molar-refractivity contribution is 8.01. The predicted molar refractivity (Wildman–Crippen MR) is 57.1 cm³/mol. The summed E-state index contributed by atoms with van der Waals surface area (Å²) in [6.45, 7) is 0. The summed E-state index contributed by atoms with van der Waals surface area (Å²) in [4.78, 5) is 4.07. The molecule has 0 radical (unpaired) electrons. The van der Waals surface area contributed by atoms with Crippen LogP contribution >= 0.6 is 23.3 Å². The molecular formula is C9H5F3N2OS2. The van der Waals surface area contributed by atoms with E-state index in [1.165, 1.54) is 12.1 Å². The predicted octanol–water partition coefficient (Wildman–Crippen LogP) is 3.41. The van der Waals surface area contributed by atoms with Gasteiger partial charge in [-0.05, 0) is 35.8 Å². The van der Waals surface area contributed by atoms with Crippen molar-refractivity contribution < 1.29 is 18.3 Å². The van der Waals surface area contributed by atoms with Crippen LogP contribution in [0.1, 0.15) is 5.82 Å². The first-order valence-electron chi connectivity index (χ1n) is 4.33. The van der Waals surface area contributed by atoms with Crippen molar-refractivity contribution in [1.82, 2.24) is 9.36 Å². The lowest BCUT2D eigenvalue weighted by Gasteiger charge is -1.98. The maximum atomic E-state index is 12.2. The molecule has 1 heterocycles. The van der Waals surface area contributed by atoms with Gasteiger partial charge in [-0.2, -0.15) is 17.5 Å². The molecule has 0 atom stereocenters. The van der Waals surface area contributed by atoms with Crippen molar-refractivity contribution in [3.8, 4) is 5.75 Å². The van der Waals surface area contributed by atoms with E-state index in [0.29, 0.717) is 16.4 Å². The van der Waals surface area contributed by atoms with Gasteiger partial charge in [-0.1, -0.05) is 11.8 Å². The number of rotatable bonds is 2. The molecule has 0 aliphatic carbocycles. The summed E-state index contributed by atoms with van der Waals surface area (Å²) in [7, 11) is 0. The number of phenols is 1. The van der Waals surface area contributed by atoms with Gasteiger partial charge >= 0.3 is 6.18 Å². The van der Waals surface area contributed by atoms with Crippen molar-refractivity contribution in [2.45, 2.75) is 15.4 Å². The molecule has 0 aliphatic rings. The van der Waals surface area contributed by atoms with Gasteiger partial charge in [0.2, 0.25) is 5.82 Å². The first kappa shape index (κ1) is 12.2. The second-order valence-corrected chi connectivity index (χ2v) is 5.05. The van der Waals surface area contributed by atoms with Crippen molar-refractivity contribution >= 4 is 23.3 Å². The number of phenolic OH excluding ortho intramolecular Hbond substituents is 1. The highest BCUT2D eigenvalue weighted by Gasteiger charge is 2.36. The Hall–Kier alpha value is -1.28. The maximum absolute atomic E-state index is 12.2. The van der Waals surface area contributed by atoms with Gasteiger partial charge in [-0.15, -0.1) is 0 Å². The molecule has 0 saturated carbocycles. The molecule has 1 aromatic carbocycles. The summed E-state index contributed by atoms with van der Waals surface area (Å²) in [5, 5.41) is 9.05. The van der Waals surface area contributed by atoms with Crippen LogP contribution in [-0.2, 0) is 6.18 Å². The first-order valence-corrected chi connectivity index (χ1v) is 5.92. The van der Waals surface area contributed by atoms with E-state index >= 15 is 0 Å². The summed E-state index contributed by atoms with van der Waals surface area (Å²) in [6, 6.07) is 6.09. The van der Waals surface area contributed by atoms with Gasteiger partial charge in [0.15, 0.2) is 4.34 Å². The molecule has 0 unspecified atom stereocenters. The van der Waals surface area contributed by atoms with Gasteiger partial charge in [-0.3, -0.25) is 0 Å². The Morgan fingerprint density at radius 2 is 1.82 bits per heavy atom. The average Bonchev–Trinajstić information content (AvgIpc) is 2.69. The lowest BCUT2D eigenvalue weighted by Crippen LogP contribution is -2.06. The van der Waals surface area contributed by atoms with Gasteiger partial charge in [0.25, 0.3) is 0 Å². The minimum atomic E-state index is -4.51. The normalized spacial score (nSPS) is 11.7. The monoisotopic (exact) mass is 278 g/mol. The number of aromatic nitrogens is 2. The van der Waals surface area contributed by atoms with E-state index in [0.717, 1.165) is 11.8 Å². The molecule has 1 N–H and O–H groups in total. The van der Waals surface area contributed by atoms with Crippen LogP contribution in [0, 0.1) is 0 Å². The fourth-order valence-corrected chi connectivity index (χ4v) is 2.57. The van der Waals surface area contributed by atoms with Crippen LogP contribution in [0.4, 0.5) is 13.2 Å². The van der Waals surface area contributed by atoms with Crippen molar-refractivity contribution in [3.05, 3.63) is 30.1 Å². The van der Waals surface area contributed by atoms with Crippen LogP contribution in [0.25, 0.3) is 0 Å². The highest BCUT2D eigenvalue weighted by Crippen LogP contribution is 2.34. The van der Waals surface area contributed by atoms with E-state index in [2.05, 4.69) is 9.36 Å². The smallest absolute Gasteiger partial charge is 0.452 e. The fourth-order valence-electron chi connectivity index (χ4n) is 0.981. The van der Waals surface area contributed by atoms with Crippen molar-refractivity contribution in [3.63, 3.8) is 0 Å². The van der Waals surface area contributed by atoms with E-state index in [1.54, 1.807) is 12.1 Å². The molecular weight excluding hydrogens is 273 g/mol. The number of aromatic hydroxyl groups is 1. The van der Waals surface area contributed by atoms with Crippen LogP contribution in [-0.4, -0.2) is 14.5 Å². The van der Waals surface area contributed by atoms with E-state index in [1.807, 2.05) is 0 Å². The molecule has 0 saturated heterocycles. The first-order chi connectivity index (χ1) is 7.95. The van der Waals surface area contributed by atoms with E-state index < -0.39 is 12.0 Å². The Bertz CT molecular complexity index is 510. The molecule has 2 rings (SSSR count). The summed E-state index contributed by atoms with van der Waals surface area (Å²) < 4.78 is 40.1. The van der Waals surface area contributed by atoms with Crippen molar-refractivity contribution in [1.29, 1.82) is 0 Å². The summed E-state index contributed by atoms with van der Waals surface area (Å²) in [6.07, 6.45) is -4.51. The molecule has 0 fully saturated rings. The summed E-state index contributed by atoms with van der Waals surface area (Å²) >= 11 is 1.76. The fraction of sp³-hybridized carbons (Fsp3) is 0.111. The quantitative estimate of drug-likeness (QED) is 0.914. The van der Waals surface area contributed by atoms with Gasteiger partial charge in [-0.25, -0.2) is 4.98 Å². The third-order valence-electron chi connectivity index (χ3n) is 1.70. The zero-order valence-electron chi connectivity index (χ0n) is 8.10. The molecule has 17 heavy (non-hydrogen) atoms. The van der Waals surface area contributed by atoms with E-state index in [9.17, 15) is 13.2 Å². The molecule has 8 heteroatoms. The third kappa shape index (κ3) is 3.10. The Balaban J connectivity index is 2.14. The van der Waals surface area contributed by atoms with Crippen LogP contribution in [0.15, 0.2) is 33.5 Å².